The second-order valence-corrected chi connectivity index (χ2v) is 6.03. The lowest BCUT2D eigenvalue weighted by Gasteiger charge is -2.22. The van der Waals surface area contributed by atoms with Crippen LogP contribution in [0.2, 0.25) is 0 Å². The summed E-state index contributed by atoms with van der Waals surface area (Å²) in [4.78, 5) is 0. The van der Waals surface area contributed by atoms with Crippen molar-refractivity contribution in [3.8, 4) is 0 Å². The maximum Gasteiger partial charge on any atom is 0.0445 e. The number of unbranched alkanes of at least 4 members (excludes halogenated alkanes) is 1. The zero-order chi connectivity index (χ0) is 14.0. The van der Waals surface area contributed by atoms with Crippen LogP contribution in [0.15, 0.2) is 11.9 Å². The lowest BCUT2D eigenvalue weighted by molar-refractivity contribution is 0.325. The second kappa shape index (κ2) is 10.2. The van der Waals surface area contributed by atoms with E-state index in [0.29, 0.717) is 0 Å². The summed E-state index contributed by atoms with van der Waals surface area (Å²) in [5.74, 6) is 7.58. The van der Waals surface area contributed by atoms with Gasteiger partial charge >= 0.3 is 0 Å². The molecule has 0 aromatic rings. The number of nitrogens with two attached hydrogens (primary N) is 2. The molecule has 0 atom stereocenters. The standard InChI is InChI=1S/C15H33N3/c1-13(2)8-5-6-11-18(17)15(12-16)10-7-9-14(3)4/h12-14H,5-11,16-17H2,1-4H3/b15-12-. The Hall–Kier alpha value is -0.700. The number of allylic oxidation sites excluding steroid dienone is 1. The largest absolute Gasteiger partial charge is 0.403 e. The first-order valence-corrected chi connectivity index (χ1v) is 7.40. The van der Waals surface area contributed by atoms with Crippen molar-refractivity contribution in [2.75, 3.05) is 6.54 Å². The average molecular weight is 255 g/mol. The van der Waals surface area contributed by atoms with Crippen molar-refractivity contribution in [2.24, 2.45) is 23.4 Å². The molecule has 0 spiro atoms. The van der Waals surface area contributed by atoms with Gasteiger partial charge in [-0.2, -0.15) is 0 Å². The topological polar surface area (TPSA) is 55.3 Å². The predicted molar refractivity (Wildman–Crippen MR) is 80.5 cm³/mol. The molecule has 0 amide bonds. The lowest BCUT2D eigenvalue weighted by Crippen LogP contribution is -2.32. The Morgan fingerprint density at radius 3 is 2.06 bits per heavy atom. The van der Waals surface area contributed by atoms with Crippen molar-refractivity contribution in [3.63, 3.8) is 0 Å². The van der Waals surface area contributed by atoms with Crippen LogP contribution in [-0.4, -0.2) is 11.6 Å². The number of hydrogen-bond donors (Lipinski definition) is 2. The highest BCUT2D eigenvalue weighted by atomic mass is 15.4. The molecule has 108 valence electrons. The maximum absolute atomic E-state index is 6.05. The molecule has 0 aromatic carbocycles. The van der Waals surface area contributed by atoms with Gasteiger partial charge in [0.05, 0.1) is 0 Å². The van der Waals surface area contributed by atoms with Gasteiger partial charge in [0, 0.05) is 18.4 Å². The summed E-state index contributed by atoms with van der Waals surface area (Å²) >= 11 is 0. The summed E-state index contributed by atoms with van der Waals surface area (Å²) in [6.07, 6.45) is 8.74. The fourth-order valence-corrected chi connectivity index (χ4v) is 1.99. The third-order valence-electron chi connectivity index (χ3n) is 3.21. The molecule has 0 bridgehead atoms. The van der Waals surface area contributed by atoms with Crippen LogP contribution >= 0.6 is 0 Å². The predicted octanol–water partition coefficient (Wildman–Crippen LogP) is 3.61. The molecule has 0 unspecified atom stereocenters. The van der Waals surface area contributed by atoms with Gasteiger partial charge in [0.1, 0.15) is 0 Å². The van der Waals surface area contributed by atoms with Crippen LogP contribution in [0.25, 0.3) is 0 Å². The van der Waals surface area contributed by atoms with E-state index < -0.39 is 0 Å². The quantitative estimate of drug-likeness (QED) is 0.356. The second-order valence-electron chi connectivity index (χ2n) is 6.03. The van der Waals surface area contributed by atoms with E-state index >= 15 is 0 Å². The Kier molecular flexibility index (Phi) is 9.85. The van der Waals surface area contributed by atoms with Crippen molar-refractivity contribution < 1.29 is 0 Å². The average Bonchev–Trinajstić information content (AvgIpc) is 2.29. The van der Waals surface area contributed by atoms with Crippen molar-refractivity contribution in [3.05, 3.63) is 11.9 Å². The van der Waals surface area contributed by atoms with E-state index in [1.54, 1.807) is 6.20 Å². The Labute approximate surface area is 114 Å². The Bertz CT molecular complexity index is 222. The van der Waals surface area contributed by atoms with E-state index in [1.807, 2.05) is 5.01 Å². The number of rotatable bonds is 10. The minimum atomic E-state index is 0.751. The fourth-order valence-electron chi connectivity index (χ4n) is 1.99. The van der Waals surface area contributed by atoms with E-state index in [9.17, 15) is 0 Å². The Morgan fingerprint density at radius 2 is 1.56 bits per heavy atom. The molecule has 3 heteroatoms. The number of hydrogen-bond acceptors (Lipinski definition) is 3. The summed E-state index contributed by atoms with van der Waals surface area (Å²) in [6, 6.07) is 0. The monoisotopic (exact) mass is 255 g/mol. The van der Waals surface area contributed by atoms with Gasteiger partial charge in [0.15, 0.2) is 0 Å². The zero-order valence-corrected chi connectivity index (χ0v) is 12.8. The molecule has 18 heavy (non-hydrogen) atoms. The van der Waals surface area contributed by atoms with Gasteiger partial charge in [0.2, 0.25) is 0 Å². The molecule has 4 N–H and O–H groups in total. The normalized spacial score (nSPS) is 12.5. The fraction of sp³-hybridized carbons (Fsp3) is 0.867. The zero-order valence-electron chi connectivity index (χ0n) is 12.8. The number of hydrazine groups is 1. The summed E-state index contributed by atoms with van der Waals surface area (Å²) < 4.78 is 0. The van der Waals surface area contributed by atoms with E-state index in [1.165, 1.54) is 25.7 Å². The first kappa shape index (κ1) is 17.3. The summed E-state index contributed by atoms with van der Waals surface area (Å²) in [7, 11) is 0. The third kappa shape index (κ3) is 9.34. The van der Waals surface area contributed by atoms with E-state index in [0.717, 1.165) is 36.9 Å². The van der Waals surface area contributed by atoms with Gasteiger partial charge in [-0.3, -0.25) is 0 Å². The highest BCUT2D eigenvalue weighted by Gasteiger charge is 2.05. The van der Waals surface area contributed by atoms with Crippen LogP contribution in [0.5, 0.6) is 0 Å². The SMILES string of the molecule is CC(C)CCCCN(N)/C(=C\N)CCCC(C)C. The summed E-state index contributed by atoms with van der Waals surface area (Å²) in [5.41, 5.74) is 6.74. The third-order valence-corrected chi connectivity index (χ3v) is 3.21. The molecular weight excluding hydrogens is 222 g/mol. The van der Waals surface area contributed by atoms with Crippen LogP contribution in [0.3, 0.4) is 0 Å². The van der Waals surface area contributed by atoms with Gasteiger partial charge in [-0.1, -0.05) is 47.0 Å². The van der Waals surface area contributed by atoms with Gasteiger partial charge in [-0.15, -0.1) is 0 Å². The number of nitrogens with zero attached hydrogens (tertiary/aromatic N) is 1. The molecule has 0 aromatic heterocycles. The van der Waals surface area contributed by atoms with Gasteiger partial charge in [-0.25, -0.2) is 5.84 Å². The van der Waals surface area contributed by atoms with E-state index in [-0.39, 0.29) is 0 Å². The molecule has 0 fully saturated rings. The van der Waals surface area contributed by atoms with Crippen molar-refractivity contribution in [2.45, 2.75) is 66.2 Å². The summed E-state index contributed by atoms with van der Waals surface area (Å²) in [6.45, 7) is 9.93. The van der Waals surface area contributed by atoms with Crippen LogP contribution in [0, 0.1) is 11.8 Å². The molecule has 0 heterocycles. The lowest BCUT2D eigenvalue weighted by atomic mass is 10.0. The molecule has 0 aliphatic heterocycles. The minimum absolute atomic E-state index is 0.751. The van der Waals surface area contributed by atoms with E-state index in [2.05, 4.69) is 27.7 Å². The highest BCUT2D eigenvalue weighted by Crippen LogP contribution is 2.14. The summed E-state index contributed by atoms with van der Waals surface area (Å²) in [5, 5.41) is 1.83. The van der Waals surface area contributed by atoms with Crippen molar-refractivity contribution in [1.82, 2.24) is 5.01 Å². The highest BCUT2D eigenvalue weighted by molar-refractivity contribution is 4.96. The van der Waals surface area contributed by atoms with Crippen LogP contribution < -0.4 is 11.6 Å². The van der Waals surface area contributed by atoms with Crippen molar-refractivity contribution >= 4 is 0 Å². The Balaban J connectivity index is 3.79. The molecule has 0 aliphatic rings. The van der Waals surface area contributed by atoms with Gasteiger partial charge in [0.25, 0.3) is 0 Å². The van der Waals surface area contributed by atoms with Crippen LogP contribution in [-0.2, 0) is 0 Å². The van der Waals surface area contributed by atoms with Crippen molar-refractivity contribution in [1.29, 1.82) is 0 Å². The van der Waals surface area contributed by atoms with Gasteiger partial charge in [-0.05, 0) is 31.1 Å². The first-order chi connectivity index (χ1) is 8.47. The van der Waals surface area contributed by atoms with E-state index in [4.69, 9.17) is 11.6 Å². The van der Waals surface area contributed by atoms with Gasteiger partial charge < -0.3 is 10.7 Å². The minimum Gasteiger partial charge on any atom is -0.403 e. The Morgan fingerprint density at radius 1 is 1.00 bits per heavy atom. The van der Waals surface area contributed by atoms with Crippen LogP contribution in [0.1, 0.15) is 66.2 Å². The molecule has 0 radical (unpaired) electrons. The molecular formula is C15H33N3. The molecule has 0 saturated carbocycles. The molecule has 0 aliphatic carbocycles. The molecule has 3 nitrogen and oxygen atoms in total. The first-order valence-electron chi connectivity index (χ1n) is 7.40. The maximum atomic E-state index is 6.05. The smallest absolute Gasteiger partial charge is 0.0445 e. The molecule has 0 saturated heterocycles. The molecule has 0 rings (SSSR count). The van der Waals surface area contributed by atoms with Crippen LogP contribution in [0.4, 0.5) is 0 Å².